The highest BCUT2D eigenvalue weighted by molar-refractivity contribution is 7.89. The van der Waals surface area contributed by atoms with Crippen molar-refractivity contribution in [2.24, 2.45) is 5.10 Å². The fraction of sp³-hybridized carbons (Fsp3) is 0.219. The van der Waals surface area contributed by atoms with Gasteiger partial charge in [-0.25, -0.2) is 22.3 Å². The molecule has 0 atom stereocenters. The zero-order chi connectivity index (χ0) is 33.5. The van der Waals surface area contributed by atoms with Crippen LogP contribution in [0.25, 0.3) is 0 Å². The zero-order valence-corrected chi connectivity index (χ0v) is 27.4. The van der Waals surface area contributed by atoms with Gasteiger partial charge < -0.3 is 9.73 Å². The quantitative estimate of drug-likeness (QED) is 0.161. The minimum absolute atomic E-state index is 0.0515. The maximum Gasteiger partial charge on any atom is 0.255 e. The highest BCUT2D eigenvalue weighted by atomic mass is 32.2. The van der Waals surface area contributed by atoms with Crippen molar-refractivity contribution in [2.75, 3.05) is 18.9 Å². The van der Waals surface area contributed by atoms with Gasteiger partial charge >= 0.3 is 0 Å². The number of nitrogens with zero attached hydrogens (tertiary/aromatic N) is 3. The van der Waals surface area contributed by atoms with Gasteiger partial charge in [0.15, 0.2) is 0 Å². The van der Waals surface area contributed by atoms with E-state index in [1.54, 1.807) is 36.4 Å². The van der Waals surface area contributed by atoms with Crippen LogP contribution in [0.2, 0.25) is 0 Å². The lowest BCUT2D eigenvalue weighted by Crippen LogP contribution is -2.36. The third-order valence-electron chi connectivity index (χ3n) is 6.78. The Kier molecular flexibility index (Phi) is 10.9. The molecule has 0 saturated carbocycles. The summed E-state index contributed by atoms with van der Waals surface area (Å²) in [5.74, 6) is -0.385. The smallest absolute Gasteiger partial charge is 0.255 e. The molecule has 0 aliphatic rings. The molecule has 1 aromatic heterocycles. The van der Waals surface area contributed by atoms with E-state index in [9.17, 15) is 26.4 Å². The first-order chi connectivity index (χ1) is 21.7. The minimum atomic E-state index is -3.99. The van der Waals surface area contributed by atoms with Gasteiger partial charge in [0.1, 0.15) is 11.5 Å². The van der Waals surface area contributed by atoms with Gasteiger partial charge in [-0.3, -0.25) is 9.59 Å². The van der Waals surface area contributed by atoms with Crippen LogP contribution in [0.5, 0.6) is 0 Å². The summed E-state index contributed by atoms with van der Waals surface area (Å²) in [6, 6.07) is 23.0. The molecule has 2 N–H and O–H groups in total. The van der Waals surface area contributed by atoms with Crippen LogP contribution >= 0.6 is 0 Å². The zero-order valence-electron chi connectivity index (χ0n) is 25.8. The summed E-state index contributed by atoms with van der Waals surface area (Å²) in [7, 11) is -6.61. The number of furan rings is 1. The summed E-state index contributed by atoms with van der Waals surface area (Å²) in [5.41, 5.74) is 5.51. The maximum atomic E-state index is 13.6. The molecule has 12 nitrogen and oxygen atoms in total. The number of sulfonamides is 2. The molecule has 4 aromatic rings. The summed E-state index contributed by atoms with van der Waals surface area (Å²) in [6.45, 7) is 4.72. The number of hydrazone groups is 1. The van der Waals surface area contributed by atoms with Crippen LogP contribution in [0.1, 0.15) is 35.1 Å². The van der Waals surface area contributed by atoms with E-state index >= 15 is 0 Å². The second-order valence-corrected chi connectivity index (χ2v) is 14.6. The van der Waals surface area contributed by atoms with Gasteiger partial charge in [-0.2, -0.15) is 13.7 Å². The topological polar surface area (TPSA) is 158 Å². The lowest BCUT2D eigenvalue weighted by atomic mass is 10.1. The minimum Gasteiger partial charge on any atom is -0.459 e. The van der Waals surface area contributed by atoms with Gasteiger partial charge in [0.25, 0.3) is 5.91 Å². The molecule has 4 rings (SSSR count). The molecule has 0 radical (unpaired) electrons. The van der Waals surface area contributed by atoms with E-state index in [-0.39, 0.29) is 34.5 Å². The van der Waals surface area contributed by atoms with E-state index in [4.69, 9.17) is 4.42 Å². The Morgan fingerprint density at radius 2 is 1.35 bits per heavy atom. The van der Waals surface area contributed by atoms with E-state index < -0.39 is 32.5 Å². The van der Waals surface area contributed by atoms with Crippen molar-refractivity contribution in [3.8, 4) is 0 Å². The summed E-state index contributed by atoms with van der Waals surface area (Å²) in [4.78, 5) is 23.7. The molecule has 0 bridgehead atoms. The molecular weight excluding hydrogens is 631 g/mol. The van der Waals surface area contributed by atoms with Gasteiger partial charge in [-0.1, -0.05) is 47.5 Å². The second kappa shape index (κ2) is 14.6. The average molecular weight is 666 g/mol. The van der Waals surface area contributed by atoms with Crippen molar-refractivity contribution in [3.05, 3.63) is 113 Å². The van der Waals surface area contributed by atoms with E-state index in [0.717, 1.165) is 21.0 Å². The molecule has 3 aromatic carbocycles. The van der Waals surface area contributed by atoms with Crippen molar-refractivity contribution in [3.63, 3.8) is 0 Å². The normalized spacial score (nSPS) is 12.1. The molecule has 0 unspecified atom stereocenters. The molecule has 2 amide bonds. The number of aryl methyl sites for hydroxylation is 2. The molecule has 46 heavy (non-hydrogen) atoms. The van der Waals surface area contributed by atoms with Crippen molar-refractivity contribution in [1.82, 2.24) is 14.0 Å². The fourth-order valence-corrected chi connectivity index (χ4v) is 6.81. The standard InChI is InChI=1S/C32H35N5O7S2/c1-23-5-9-26(10-6-23)20-37(46(42,43)31-15-7-24(2)8-16-31)21-29-14-13-28(44-29)19-33-35-32(39)22-36(4)45(40,41)30-17-11-27(12-18-30)34-25(3)38/h5-19H,20-22H2,1-4H3,(H,34,38)(H,35,39)/b33-19-. The van der Waals surface area contributed by atoms with E-state index in [2.05, 4.69) is 15.8 Å². The molecule has 1 heterocycles. The number of nitrogens with one attached hydrogen (secondary N) is 2. The first-order valence-electron chi connectivity index (χ1n) is 14.1. The van der Waals surface area contributed by atoms with E-state index in [1.165, 1.54) is 48.8 Å². The first-order valence-corrected chi connectivity index (χ1v) is 17.0. The van der Waals surface area contributed by atoms with Crippen LogP contribution in [-0.2, 0) is 42.7 Å². The van der Waals surface area contributed by atoms with Crippen LogP contribution in [-0.4, -0.2) is 57.1 Å². The van der Waals surface area contributed by atoms with E-state index in [1.807, 2.05) is 38.1 Å². The predicted octanol–water partition coefficient (Wildman–Crippen LogP) is 4.02. The van der Waals surface area contributed by atoms with Crippen molar-refractivity contribution in [2.45, 2.75) is 43.7 Å². The number of hydrogen-bond acceptors (Lipinski definition) is 8. The summed E-state index contributed by atoms with van der Waals surface area (Å²) < 4.78 is 60.9. The molecule has 0 saturated heterocycles. The highest BCUT2D eigenvalue weighted by Crippen LogP contribution is 2.23. The van der Waals surface area contributed by atoms with Gasteiger partial charge in [-0.05, 0) is 67.9 Å². The van der Waals surface area contributed by atoms with Crippen LogP contribution in [0.4, 0.5) is 5.69 Å². The van der Waals surface area contributed by atoms with E-state index in [0.29, 0.717) is 11.4 Å². The molecule has 0 aliphatic carbocycles. The Labute approximate surface area is 268 Å². The number of carbonyl (C=O) groups excluding carboxylic acids is 2. The molecule has 0 fully saturated rings. The largest absolute Gasteiger partial charge is 0.459 e. The number of likely N-dealkylation sites (N-methyl/N-ethyl adjacent to an activating group) is 1. The Hall–Kier alpha value is -4.63. The van der Waals surface area contributed by atoms with Crippen molar-refractivity contribution < 1.29 is 30.8 Å². The number of rotatable bonds is 13. The maximum absolute atomic E-state index is 13.6. The van der Waals surface area contributed by atoms with Gasteiger partial charge in [0.2, 0.25) is 26.0 Å². The van der Waals surface area contributed by atoms with Crippen molar-refractivity contribution in [1.29, 1.82) is 0 Å². The number of benzene rings is 3. The average Bonchev–Trinajstić information content (AvgIpc) is 3.45. The van der Waals surface area contributed by atoms with Crippen molar-refractivity contribution >= 4 is 43.8 Å². The lowest BCUT2D eigenvalue weighted by Gasteiger charge is -2.21. The third kappa shape index (κ3) is 8.97. The Bertz CT molecular complexity index is 1920. The Morgan fingerprint density at radius 3 is 1.96 bits per heavy atom. The Morgan fingerprint density at radius 1 is 0.783 bits per heavy atom. The molecule has 242 valence electrons. The monoisotopic (exact) mass is 665 g/mol. The number of carbonyl (C=O) groups is 2. The summed E-state index contributed by atoms with van der Waals surface area (Å²) in [5, 5.41) is 6.40. The highest BCUT2D eigenvalue weighted by Gasteiger charge is 2.26. The van der Waals surface area contributed by atoms with Crippen LogP contribution < -0.4 is 10.7 Å². The molecule has 14 heteroatoms. The van der Waals surface area contributed by atoms with Crippen LogP contribution in [0.15, 0.2) is 104 Å². The Balaban J connectivity index is 1.40. The second-order valence-electron chi connectivity index (χ2n) is 10.6. The lowest BCUT2D eigenvalue weighted by molar-refractivity contribution is -0.121. The summed E-state index contributed by atoms with van der Waals surface area (Å²) in [6.07, 6.45) is 1.23. The van der Waals surface area contributed by atoms with Crippen LogP contribution in [0.3, 0.4) is 0 Å². The van der Waals surface area contributed by atoms with Gasteiger partial charge in [0.05, 0.1) is 29.1 Å². The number of hydrogen-bond donors (Lipinski definition) is 2. The SMILES string of the molecule is CC(=O)Nc1ccc(S(=O)(=O)N(C)CC(=O)N/N=C\c2ccc(CN(Cc3ccc(C)cc3)S(=O)(=O)c3ccc(C)cc3)o2)cc1. The molecule has 0 aliphatic heterocycles. The number of amides is 2. The van der Waals surface area contributed by atoms with Gasteiger partial charge in [-0.15, -0.1) is 0 Å². The first kappa shape index (κ1) is 34.2. The molecular formula is C32H35N5O7S2. The number of anilines is 1. The predicted molar refractivity (Wildman–Crippen MR) is 174 cm³/mol. The fourth-order valence-electron chi connectivity index (χ4n) is 4.29. The van der Waals surface area contributed by atoms with Crippen LogP contribution in [0, 0.1) is 13.8 Å². The third-order valence-corrected chi connectivity index (χ3v) is 10.4. The summed E-state index contributed by atoms with van der Waals surface area (Å²) >= 11 is 0. The van der Waals surface area contributed by atoms with Gasteiger partial charge in [0, 0.05) is 26.2 Å². The molecule has 0 spiro atoms.